The van der Waals surface area contributed by atoms with Crippen molar-refractivity contribution in [3.05, 3.63) is 23.8 Å². The molecule has 1 rings (SSSR count). The van der Waals surface area contributed by atoms with Gasteiger partial charge in [0.1, 0.15) is 5.75 Å². The van der Waals surface area contributed by atoms with Gasteiger partial charge < -0.3 is 15.8 Å². The minimum Gasteiger partial charge on any atom is -0.479 e. The topological polar surface area (TPSA) is 64.3 Å². The number of amides is 1. The second-order valence-electron chi connectivity index (χ2n) is 4.04. The van der Waals surface area contributed by atoms with E-state index in [0.29, 0.717) is 18.0 Å². The van der Waals surface area contributed by atoms with E-state index in [0.717, 1.165) is 12.0 Å². The van der Waals surface area contributed by atoms with Gasteiger partial charge in [0, 0.05) is 6.54 Å². The van der Waals surface area contributed by atoms with Crippen LogP contribution in [0.25, 0.3) is 0 Å². The number of ether oxygens (including phenoxy) is 1. The van der Waals surface area contributed by atoms with E-state index in [1.54, 1.807) is 13.0 Å². The number of carbonyl (C=O) groups is 1. The number of hydrogen-bond donors (Lipinski definition) is 2. The Kier molecular flexibility index (Phi) is 4.82. The third kappa shape index (κ3) is 3.66. The van der Waals surface area contributed by atoms with Crippen LogP contribution in [-0.4, -0.2) is 18.6 Å². The molecule has 1 unspecified atom stereocenters. The van der Waals surface area contributed by atoms with E-state index in [1.165, 1.54) is 0 Å². The molecule has 0 aliphatic heterocycles. The third-order valence-corrected chi connectivity index (χ3v) is 2.51. The first kappa shape index (κ1) is 13.4. The average molecular weight is 236 g/mol. The normalized spacial score (nSPS) is 11.9. The Morgan fingerprint density at radius 2 is 2.24 bits per heavy atom. The molecule has 94 valence electrons. The maximum absolute atomic E-state index is 11.6. The molecule has 17 heavy (non-hydrogen) atoms. The fourth-order valence-electron chi connectivity index (χ4n) is 1.39. The summed E-state index contributed by atoms with van der Waals surface area (Å²) < 4.78 is 5.55. The van der Waals surface area contributed by atoms with Gasteiger partial charge in [0.25, 0.3) is 5.91 Å². The molecule has 0 saturated carbocycles. The molecule has 0 fully saturated rings. The standard InChI is InChI=1S/C13H20N2O2/c1-4-8-15-13(16)10(3)17-11-7-5-6-9(2)12(11)14/h5-7,10H,4,8,14H2,1-3H3,(H,15,16). The molecule has 0 aromatic heterocycles. The lowest BCUT2D eigenvalue weighted by atomic mass is 10.2. The van der Waals surface area contributed by atoms with Crippen molar-refractivity contribution in [2.75, 3.05) is 12.3 Å². The van der Waals surface area contributed by atoms with E-state index >= 15 is 0 Å². The highest BCUT2D eigenvalue weighted by atomic mass is 16.5. The zero-order valence-electron chi connectivity index (χ0n) is 10.6. The van der Waals surface area contributed by atoms with E-state index in [2.05, 4.69) is 5.32 Å². The van der Waals surface area contributed by atoms with Crippen LogP contribution in [0.5, 0.6) is 5.75 Å². The monoisotopic (exact) mass is 236 g/mol. The van der Waals surface area contributed by atoms with E-state index in [1.807, 2.05) is 26.0 Å². The number of aryl methyl sites for hydroxylation is 1. The minimum absolute atomic E-state index is 0.118. The van der Waals surface area contributed by atoms with Gasteiger partial charge in [-0.25, -0.2) is 0 Å². The van der Waals surface area contributed by atoms with Crippen molar-refractivity contribution in [3.63, 3.8) is 0 Å². The van der Waals surface area contributed by atoms with Gasteiger partial charge in [-0.05, 0) is 31.9 Å². The maximum Gasteiger partial charge on any atom is 0.260 e. The first-order valence-electron chi connectivity index (χ1n) is 5.85. The number of para-hydroxylation sites is 1. The molecule has 1 aromatic carbocycles. The van der Waals surface area contributed by atoms with E-state index < -0.39 is 6.10 Å². The number of carbonyl (C=O) groups excluding carboxylic acids is 1. The fraction of sp³-hybridized carbons (Fsp3) is 0.462. The summed E-state index contributed by atoms with van der Waals surface area (Å²) in [5, 5.41) is 2.78. The minimum atomic E-state index is -0.536. The Morgan fingerprint density at radius 1 is 1.53 bits per heavy atom. The van der Waals surface area contributed by atoms with E-state index in [-0.39, 0.29) is 5.91 Å². The fourth-order valence-corrected chi connectivity index (χ4v) is 1.39. The number of benzene rings is 1. The summed E-state index contributed by atoms with van der Waals surface area (Å²) in [6, 6.07) is 5.54. The highest BCUT2D eigenvalue weighted by molar-refractivity contribution is 5.80. The Bertz CT molecular complexity index is 391. The van der Waals surface area contributed by atoms with Gasteiger partial charge in [-0.1, -0.05) is 19.1 Å². The maximum atomic E-state index is 11.6. The van der Waals surface area contributed by atoms with Crippen molar-refractivity contribution in [1.82, 2.24) is 5.32 Å². The van der Waals surface area contributed by atoms with Crippen LogP contribution < -0.4 is 15.8 Å². The van der Waals surface area contributed by atoms with Crippen molar-refractivity contribution in [2.24, 2.45) is 0 Å². The summed E-state index contributed by atoms with van der Waals surface area (Å²) in [6.07, 6.45) is 0.371. The summed E-state index contributed by atoms with van der Waals surface area (Å²) in [5.74, 6) is 0.442. The van der Waals surface area contributed by atoms with Crippen LogP contribution in [0.15, 0.2) is 18.2 Å². The van der Waals surface area contributed by atoms with Gasteiger partial charge in [0.15, 0.2) is 6.10 Å². The van der Waals surface area contributed by atoms with Crippen LogP contribution in [0.3, 0.4) is 0 Å². The lowest BCUT2D eigenvalue weighted by molar-refractivity contribution is -0.127. The second-order valence-corrected chi connectivity index (χ2v) is 4.04. The molecule has 0 aliphatic carbocycles. The summed E-state index contributed by atoms with van der Waals surface area (Å²) in [5.41, 5.74) is 7.41. The smallest absolute Gasteiger partial charge is 0.260 e. The molecule has 0 bridgehead atoms. The highest BCUT2D eigenvalue weighted by Crippen LogP contribution is 2.25. The lowest BCUT2D eigenvalue weighted by Crippen LogP contribution is -2.36. The van der Waals surface area contributed by atoms with Crippen LogP contribution >= 0.6 is 0 Å². The third-order valence-electron chi connectivity index (χ3n) is 2.51. The van der Waals surface area contributed by atoms with Crippen molar-refractivity contribution in [3.8, 4) is 5.75 Å². The van der Waals surface area contributed by atoms with Crippen molar-refractivity contribution >= 4 is 11.6 Å². The second kappa shape index (κ2) is 6.13. The molecule has 1 aromatic rings. The quantitative estimate of drug-likeness (QED) is 0.767. The molecule has 0 heterocycles. The van der Waals surface area contributed by atoms with Crippen LogP contribution in [0.1, 0.15) is 25.8 Å². The Hall–Kier alpha value is -1.71. The van der Waals surface area contributed by atoms with Crippen LogP contribution in [0, 0.1) is 6.92 Å². The number of nitrogen functional groups attached to an aromatic ring is 1. The number of rotatable bonds is 5. The SMILES string of the molecule is CCCNC(=O)C(C)Oc1cccc(C)c1N. The van der Waals surface area contributed by atoms with Crippen molar-refractivity contribution in [2.45, 2.75) is 33.3 Å². The Balaban J connectivity index is 2.64. The van der Waals surface area contributed by atoms with Gasteiger partial charge in [-0.2, -0.15) is 0 Å². The van der Waals surface area contributed by atoms with Crippen molar-refractivity contribution in [1.29, 1.82) is 0 Å². The number of nitrogens with one attached hydrogen (secondary N) is 1. The van der Waals surface area contributed by atoms with Gasteiger partial charge >= 0.3 is 0 Å². The summed E-state index contributed by atoms with van der Waals surface area (Å²) in [7, 11) is 0. The molecule has 4 heteroatoms. The number of hydrogen-bond acceptors (Lipinski definition) is 3. The largest absolute Gasteiger partial charge is 0.479 e. The van der Waals surface area contributed by atoms with Crippen LogP contribution in [0.4, 0.5) is 5.69 Å². The molecular formula is C13H20N2O2. The highest BCUT2D eigenvalue weighted by Gasteiger charge is 2.15. The number of nitrogens with two attached hydrogens (primary N) is 1. The van der Waals surface area contributed by atoms with Gasteiger partial charge in [-0.15, -0.1) is 0 Å². The molecule has 1 atom stereocenters. The molecule has 4 nitrogen and oxygen atoms in total. The van der Waals surface area contributed by atoms with Gasteiger partial charge in [-0.3, -0.25) is 4.79 Å². The van der Waals surface area contributed by atoms with Gasteiger partial charge in [0.2, 0.25) is 0 Å². The number of anilines is 1. The lowest BCUT2D eigenvalue weighted by Gasteiger charge is -2.16. The zero-order chi connectivity index (χ0) is 12.8. The molecule has 0 saturated heterocycles. The first-order chi connectivity index (χ1) is 8.06. The Morgan fingerprint density at radius 3 is 2.88 bits per heavy atom. The Labute approximate surface area is 102 Å². The molecule has 0 aliphatic rings. The van der Waals surface area contributed by atoms with Crippen LogP contribution in [0.2, 0.25) is 0 Å². The summed E-state index contributed by atoms with van der Waals surface area (Å²) in [6.45, 7) is 6.29. The molecule has 3 N–H and O–H groups in total. The summed E-state index contributed by atoms with van der Waals surface area (Å²) in [4.78, 5) is 11.6. The van der Waals surface area contributed by atoms with E-state index in [4.69, 9.17) is 10.5 Å². The predicted octanol–water partition coefficient (Wildman–Crippen LogP) is 1.87. The van der Waals surface area contributed by atoms with E-state index in [9.17, 15) is 4.79 Å². The van der Waals surface area contributed by atoms with Gasteiger partial charge in [0.05, 0.1) is 5.69 Å². The average Bonchev–Trinajstić information content (AvgIpc) is 2.31. The van der Waals surface area contributed by atoms with Crippen molar-refractivity contribution < 1.29 is 9.53 Å². The van der Waals surface area contributed by atoms with Crippen LogP contribution in [-0.2, 0) is 4.79 Å². The molecule has 0 spiro atoms. The summed E-state index contributed by atoms with van der Waals surface area (Å²) >= 11 is 0. The zero-order valence-corrected chi connectivity index (χ0v) is 10.6. The first-order valence-corrected chi connectivity index (χ1v) is 5.85. The molecular weight excluding hydrogens is 216 g/mol. The molecule has 1 amide bonds. The molecule has 0 radical (unpaired) electrons. The predicted molar refractivity (Wildman–Crippen MR) is 69.0 cm³/mol.